The molecule has 1 spiro atoms. The summed E-state index contributed by atoms with van der Waals surface area (Å²) in [6, 6.07) is 0.443. The fourth-order valence-electron chi connectivity index (χ4n) is 3.54. The van der Waals surface area contributed by atoms with Crippen molar-refractivity contribution in [1.29, 1.82) is 0 Å². The number of carbonyl (C=O) groups is 3. The van der Waals surface area contributed by atoms with Gasteiger partial charge in [0.1, 0.15) is 17.5 Å². The van der Waals surface area contributed by atoms with E-state index in [4.69, 9.17) is 15.2 Å². The van der Waals surface area contributed by atoms with E-state index in [1.165, 1.54) is 7.05 Å². The number of ether oxygens (including phenoxy) is 2. The van der Waals surface area contributed by atoms with Crippen LogP contribution in [-0.2, 0) is 14.3 Å². The number of hydrogen-bond acceptors (Lipinski definition) is 5. The van der Waals surface area contributed by atoms with Crippen molar-refractivity contribution in [3.63, 3.8) is 0 Å². The van der Waals surface area contributed by atoms with Gasteiger partial charge in [-0.15, -0.1) is 0 Å². The number of likely N-dealkylation sites (N-methyl/N-ethyl adjacent to an activating group) is 1. The molecule has 1 saturated heterocycles. The molecule has 152 valence electrons. The molecule has 2 aliphatic rings. The Bertz CT molecular complexity index is 834. The van der Waals surface area contributed by atoms with Crippen molar-refractivity contribution in [3.05, 3.63) is 23.8 Å². The number of rotatable bonds is 4. The first-order valence-corrected chi connectivity index (χ1v) is 8.89. The van der Waals surface area contributed by atoms with Gasteiger partial charge in [0, 0.05) is 25.6 Å². The van der Waals surface area contributed by atoms with E-state index in [1.807, 2.05) is 6.92 Å². The molecule has 2 heterocycles. The van der Waals surface area contributed by atoms with E-state index in [9.17, 15) is 23.2 Å². The Hall–Kier alpha value is -2.91. The number of amides is 3. The number of nitrogens with zero attached hydrogens (tertiary/aromatic N) is 2. The zero-order chi connectivity index (χ0) is 20.6. The third-order valence-electron chi connectivity index (χ3n) is 4.94. The number of anilines is 1. The predicted molar refractivity (Wildman–Crippen MR) is 93.7 cm³/mol. The van der Waals surface area contributed by atoms with E-state index in [0.717, 1.165) is 22.3 Å². The van der Waals surface area contributed by atoms with Crippen LogP contribution in [0.4, 0.5) is 19.3 Å². The second-order valence-electron chi connectivity index (χ2n) is 6.91. The van der Waals surface area contributed by atoms with Gasteiger partial charge in [-0.3, -0.25) is 14.5 Å². The van der Waals surface area contributed by atoms with Crippen molar-refractivity contribution in [2.75, 3.05) is 25.1 Å². The van der Waals surface area contributed by atoms with Crippen molar-refractivity contribution in [2.24, 2.45) is 5.73 Å². The summed E-state index contributed by atoms with van der Waals surface area (Å²) in [5, 5.41) is 0. The first-order valence-electron chi connectivity index (χ1n) is 8.89. The molecule has 1 aromatic carbocycles. The monoisotopic (exact) mass is 397 g/mol. The first-order chi connectivity index (χ1) is 13.2. The quantitative estimate of drug-likeness (QED) is 0.777. The molecule has 1 aromatic rings. The van der Waals surface area contributed by atoms with Crippen LogP contribution in [0.2, 0.25) is 0 Å². The molecule has 8 nitrogen and oxygen atoms in total. The third-order valence-corrected chi connectivity index (χ3v) is 4.94. The van der Waals surface area contributed by atoms with E-state index in [0.29, 0.717) is 12.5 Å². The largest absolute Gasteiger partial charge is 0.473 e. The highest BCUT2D eigenvalue weighted by Crippen LogP contribution is 2.44. The van der Waals surface area contributed by atoms with Crippen LogP contribution in [0.1, 0.15) is 26.2 Å². The number of primary amides is 1. The van der Waals surface area contributed by atoms with Crippen molar-refractivity contribution >= 4 is 23.6 Å². The lowest BCUT2D eigenvalue weighted by Crippen LogP contribution is -2.57. The van der Waals surface area contributed by atoms with E-state index >= 15 is 0 Å². The van der Waals surface area contributed by atoms with Crippen molar-refractivity contribution < 1.29 is 32.6 Å². The molecule has 0 unspecified atom stereocenters. The SMILES string of the molecule is CCCCOC(=O)N1C[C@@]2(C[C@H]1C(N)=O)Oc1cc(F)cc(F)c1N(C)C2=O. The van der Waals surface area contributed by atoms with Crippen LogP contribution in [0.3, 0.4) is 0 Å². The number of halogens is 2. The maximum Gasteiger partial charge on any atom is 0.410 e. The summed E-state index contributed by atoms with van der Waals surface area (Å²) in [6.07, 6.45) is 0.392. The smallest absolute Gasteiger partial charge is 0.410 e. The lowest BCUT2D eigenvalue weighted by molar-refractivity contribution is -0.134. The number of nitrogens with two attached hydrogens (primary N) is 1. The number of unbranched alkanes of at least 4 members (excludes halogenated alkanes) is 1. The highest BCUT2D eigenvalue weighted by Gasteiger charge is 2.58. The Morgan fingerprint density at radius 2 is 2.11 bits per heavy atom. The number of benzene rings is 1. The fraction of sp³-hybridized carbons (Fsp3) is 0.500. The fourth-order valence-corrected chi connectivity index (χ4v) is 3.54. The summed E-state index contributed by atoms with van der Waals surface area (Å²) < 4.78 is 38.6. The van der Waals surface area contributed by atoms with Crippen molar-refractivity contribution in [3.8, 4) is 5.75 Å². The van der Waals surface area contributed by atoms with Gasteiger partial charge in [-0.05, 0) is 6.42 Å². The molecule has 0 aromatic heterocycles. The van der Waals surface area contributed by atoms with E-state index < -0.39 is 41.2 Å². The Balaban J connectivity index is 1.94. The molecular formula is C18H21F2N3O5. The number of hydrogen-bond donors (Lipinski definition) is 1. The second kappa shape index (κ2) is 7.25. The van der Waals surface area contributed by atoms with Crippen LogP contribution in [0.25, 0.3) is 0 Å². The molecule has 2 N–H and O–H groups in total. The van der Waals surface area contributed by atoms with E-state index in [-0.39, 0.29) is 31.0 Å². The molecule has 3 amide bonds. The molecule has 0 bridgehead atoms. The minimum absolute atomic E-state index is 0.151. The molecule has 10 heteroatoms. The van der Waals surface area contributed by atoms with Gasteiger partial charge in [0.15, 0.2) is 11.6 Å². The Morgan fingerprint density at radius 3 is 2.75 bits per heavy atom. The van der Waals surface area contributed by atoms with Gasteiger partial charge in [0.05, 0.1) is 13.2 Å². The molecule has 0 aliphatic carbocycles. The maximum absolute atomic E-state index is 14.1. The van der Waals surface area contributed by atoms with Gasteiger partial charge in [-0.25, -0.2) is 13.6 Å². The summed E-state index contributed by atoms with van der Waals surface area (Å²) in [7, 11) is 1.31. The summed E-state index contributed by atoms with van der Waals surface area (Å²) in [5.74, 6) is -3.53. The van der Waals surface area contributed by atoms with Gasteiger partial charge in [0.2, 0.25) is 11.5 Å². The van der Waals surface area contributed by atoms with Crippen LogP contribution >= 0.6 is 0 Å². The average Bonchev–Trinajstić information content (AvgIpc) is 3.00. The molecule has 1 fully saturated rings. The predicted octanol–water partition coefficient (Wildman–Crippen LogP) is 1.56. The van der Waals surface area contributed by atoms with Gasteiger partial charge in [-0.1, -0.05) is 13.3 Å². The summed E-state index contributed by atoms with van der Waals surface area (Å²) in [6.45, 7) is 1.75. The van der Waals surface area contributed by atoms with Crippen molar-refractivity contribution in [2.45, 2.75) is 37.8 Å². The summed E-state index contributed by atoms with van der Waals surface area (Å²) in [4.78, 5) is 39.3. The molecule has 3 rings (SSSR count). The normalized spacial score (nSPS) is 23.6. The minimum atomic E-state index is -1.69. The maximum atomic E-state index is 14.1. The lowest BCUT2D eigenvalue weighted by atomic mass is 9.95. The van der Waals surface area contributed by atoms with Crippen LogP contribution in [-0.4, -0.2) is 54.6 Å². The van der Waals surface area contributed by atoms with Crippen LogP contribution in [0.15, 0.2) is 12.1 Å². The Kier molecular flexibility index (Phi) is 5.14. The zero-order valence-corrected chi connectivity index (χ0v) is 15.5. The minimum Gasteiger partial charge on any atom is -0.473 e. The second-order valence-corrected chi connectivity index (χ2v) is 6.91. The van der Waals surface area contributed by atoms with Crippen LogP contribution < -0.4 is 15.4 Å². The lowest BCUT2D eigenvalue weighted by Gasteiger charge is -2.38. The van der Waals surface area contributed by atoms with Crippen molar-refractivity contribution in [1.82, 2.24) is 4.90 Å². The molecule has 2 atom stereocenters. The third kappa shape index (κ3) is 3.23. The molecule has 28 heavy (non-hydrogen) atoms. The molecule has 2 aliphatic heterocycles. The number of likely N-dealkylation sites (tertiary alicyclic amines) is 1. The standard InChI is InChI=1S/C18H21F2N3O5/c1-3-4-5-27-17(26)23-9-18(8-12(23)15(21)24)16(25)22(2)14-11(20)6-10(19)7-13(14)28-18/h6-7,12H,3-5,8-9H2,1-2H3,(H2,21,24)/t12-,18+/m0/s1. The van der Waals surface area contributed by atoms with Crippen LogP contribution in [0.5, 0.6) is 5.75 Å². The first kappa shape index (κ1) is 19.8. The highest BCUT2D eigenvalue weighted by atomic mass is 19.1. The molecular weight excluding hydrogens is 376 g/mol. The number of fused-ring (bicyclic) bond motifs is 1. The van der Waals surface area contributed by atoms with Crippen LogP contribution in [0, 0.1) is 11.6 Å². The average molecular weight is 397 g/mol. The van der Waals surface area contributed by atoms with Gasteiger partial charge in [-0.2, -0.15) is 0 Å². The topological polar surface area (TPSA) is 102 Å². The van der Waals surface area contributed by atoms with Gasteiger partial charge < -0.3 is 20.1 Å². The summed E-state index contributed by atoms with van der Waals surface area (Å²) >= 11 is 0. The number of carbonyl (C=O) groups excluding carboxylic acids is 3. The zero-order valence-electron chi connectivity index (χ0n) is 15.5. The molecule has 0 radical (unpaired) electrons. The Morgan fingerprint density at radius 1 is 1.39 bits per heavy atom. The van der Waals surface area contributed by atoms with E-state index in [1.54, 1.807) is 0 Å². The van der Waals surface area contributed by atoms with Gasteiger partial charge in [0.25, 0.3) is 5.91 Å². The van der Waals surface area contributed by atoms with E-state index in [2.05, 4.69) is 0 Å². The summed E-state index contributed by atoms with van der Waals surface area (Å²) in [5.41, 5.74) is 3.50. The highest BCUT2D eigenvalue weighted by molar-refractivity contribution is 6.04. The molecule has 0 saturated carbocycles. The Labute approximate surface area is 160 Å². The van der Waals surface area contributed by atoms with Gasteiger partial charge >= 0.3 is 6.09 Å².